The summed E-state index contributed by atoms with van der Waals surface area (Å²) >= 11 is 0. The first-order valence-electron chi connectivity index (χ1n) is 5.83. The van der Waals surface area contributed by atoms with E-state index in [-0.39, 0.29) is 17.2 Å². The fourth-order valence-electron chi connectivity index (χ4n) is 2.23. The fourth-order valence-corrected chi connectivity index (χ4v) is 2.23. The lowest BCUT2D eigenvalue weighted by atomic mass is 10.1. The zero-order valence-electron chi connectivity index (χ0n) is 11.0. The zero-order valence-corrected chi connectivity index (χ0v) is 11.0. The van der Waals surface area contributed by atoms with Crippen molar-refractivity contribution in [2.45, 2.75) is 27.7 Å². The van der Waals surface area contributed by atoms with Crippen LogP contribution in [0, 0.1) is 17.3 Å². The van der Waals surface area contributed by atoms with Crippen LogP contribution in [0.25, 0.3) is 0 Å². The highest BCUT2D eigenvalue weighted by molar-refractivity contribution is 5.83. The van der Waals surface area contributed by atoms with Gasteiger partial charge in [0.05, 0.1) is 12.5 Å². The van der Waals surface area contributed by atoms with Crippen LogP contribution in [-0.4, -0.2) is 26.2 Å². The summed E-state index contributed by atoms with van der Waals surface area (Å²) in [5.41, 5.74) is 1.39. The predicted octanol–water partition coefficient (Wildman–Crippen LogP) is 1.99. The molecule has 3 nitrogen and oxygen atoms in total. The molecule has 0 bridgehead atoms. The molecule has 0 aliphatic heterocycles. The van der Waals surface area contributed by atoms with Crippen LogP contribution in [0.1, 0.15) is 27.7 Å². The van der Waals surface area contributed by atoms with E-state index in [0.29, 0.717) is 19.1 Å². The van der Waals surface area contributed by atoms with Gasteiger partial charge >= 0.3 is 0 Å². The lowest BCUT2D eigenvalue weighted by Gasteiger charge is -2.04. The van der Waals surface area contributed by atoms with Crippen LogP contribution in [0.3, 0.4) is 0 Å². The van der Waals surface area contributed by atoms with Crippen molar-refractivity contribution in [3.8, 4) is 0 Å². The van der Waals surface area contributed by atoms with E-state index in [2.05, 4.69) is 39.1 Å². The number of amides is 1. The number of allylic oxidation sites excluding steroid dienone is 2. The molecule has 0 aromatic rings. The third-order valence-corrected chi connectivity index (χ3v) is 3.31. The molecule has 0 heterocycles. The number of hydrogen-bond acceptors (Lipinski definition) is 2. The predicted molar refractivity (Wildman–Crippen MR) is 65.1 cm³/mol. The molecule has 0 radical (unpaired) electrons. The SMILES string of the molecule is COCCNC(=O)[C@@H]1[C@@H](C=C(C)C)C1(C)C. The summed E-state index contributed by atoms with van der Waals surface area (Å²) in [6.07, 6.45) is 2.21. The molecule has 0 spiro atoms. The van der Waals surface area contributed by atoms with Crippen LogP contribution < -0.4 is 5.32 Å². The molecule has 1 amide bonds. The quantitative estimate of drug-likeness (QED) is 0.574. The van der Waals surface area contributed by atoms with Crippen molar-refractivity contribution in [3.05, 3.63) is 11.6 Å². The van der Waals surface area contributed by atoms with Crippen LogP contribution in [0.15, 0.2) is 11.6 Å². The Kier molecular flexibility index (Phi) is 4.14. The fraction of sp³-hybridized carbons (Fsp3) is 0.769. The van der Waals surface area contributed by atoms with Crippen molar-refractivity contribution in [3.63, 3.8) is 0 Å². The van der Waals surface area contributed by atoms with E-state index in [4.69, 9.17) is 4.74 Å². The molecule has 1 N–H and O–H groups in total. The van der Waals surface area contributed by atoms with Gasteiger partial charge in [-0.3, -0.25) is 4.79 Å². The first-order valence-corrected chi connectivity index (χ1v) is 5.83. The van der Waals surface area contributed by atoms with Crippen LogP contribution in [-0.2, 0) is 9.53 Å². The van der Waals surface area contributed by atoms with Gasteiger partial charge in [-0.2, -0.15) is 0 Å². The Morgan fingerprint density at radius 3 is 2.56 bits per heavy atom. The average Bonchev–Trinajstić information content (AvgIpc) is 2.67. The molecule has 0 unspecified atom stereocenters. The molecule has 0 aromatic carbocycles. The van der Waals surface area contributed by atoms with Gasteiger partial charge in [0.2, 0.25) is 5.91 Å². The molecular formula is C13H23NO2. The Balaban J connectivity index is 2.49. The first kappa shape index (κ1) is 13.2. The van der Waals surface area contributed by atoms with Gasteiger partial charge in [0, 0.05) is 13.7 Å². The average molecular weight is 225 g/mol. The molecule has 1 aliphatic carbocycles. The lowest BCUT2D eigenvalue weighted by Crippen LogP contribution is -2.29. The van der Waals surface area contributed by atoms with E-state index in [0.717, 1.165) is 0 Å². The number of carbonyl (C=O) groups is 1. The van der Waals surface area contributed by atoms with Crippen LogP contribution >= 0.6 is 0 Å². The van der Waals surface area contributed by atoms with Crippen molar-refractivity contribution >= 4 is 5.91 Å². The standard InChI is InChI=1S/C13H23NO2/c1-9(2)8-10-11(13(10,3)4)12(15)14-6-7-16-5/h8,10-11H,6-7H2,1-5H3,(H,14,15)/t10-,11+/m1/s1. The number of hydrogen-bond donors (Lipinski definition) is 1. The number of nitrogens with one attached hydrogen (secondary N) is 1. The summed E-state index contributed by atoms with van der Waals surface area (Å²) in [7, 11) is 1.64. The molecule has 1 fully saturated rings. The van der Waals surface area contributed by atoms with Crippen molar-refractivity contribution in [2.75, 3.05) is 20.3 Å². The molecule has 0 saturated heterocycles. The van der Waals surface area contributed by atoms with E-state index in [1.807, 2.05) is 0 Å². The molecular weight excluding hydrogens is 202 g/mol. The summed E-state index contributed by atoms with van der Waals surface area (Å²) in [5.74, 6) is 0.670. The summed E-state index contributed by atoms with van der Waals surface area (Å²) in [6, 6.07) is 0. The van der Waals surface area contributed by atoms with E-state index in [1.54, 1.807) is 7.11 Å². The Bertz CT molecular complexity index is 290. The maximum atomic E-state index is 11.9. The molecule has 16 heavy (non-hydrogen) atoms. The highest BCUT2D eigenvalue weighted by Crippen LogP contribution is 2.59. The Hall–Kier alpha value is -0.830. The summed E-state index contributed by atoms with van der Waals surface area (Å²) < 4.78 is 4.91. The van der Waals surface area contributed by atoms with Crippen molar-refractivity contribution in [1.82, 2.24) is 5.32 Å². The van der Waals surface area contributed by atoms with Crippen LogP contribution in [0.2, 0.25) is 0 Å². The molecule has 2 atom stereocenters. The number of carbonyl (C=O) groups excluding carboxylic acids is 1. The topological polar surface area (TPSA) is 38.3 Å². The number of methoxy groups -OCH3 is 1. The van der Waals surface area contributed by atoms with Gasteiger partial charge in [-0.25, -0.2) is 0 Å². The molecule has 3 heteroatoms. The third-order valence-electron chi connectivity index (χ3n) is 3.31. The molecule has 1 rings (SSSR count). The van der Waals surface area contributed by atoms with Crippen molar-refractivity contribution < 1.29 is 9.53 Å². The second-order valence-corrected chi connectivity index (χ2v) is 5.35. The van der Waals surface area contributed by atoms with Gasteiger partial charge in [-0.05, 0) is 25.2 Å². The normalized spacial score (nSPS) is 26.1. The van der Waals surface area contributed by atoms with Crippen molar-refractivity contribution in [1.29, 1.82) is 0 Å². The van der Waals surface area contributed by atoms with E-state index < -0.39 is 0 Å². The Labute approximate surface area is 98.2 Å². The third kappa shape index (κ3) is 2.85. The lowest BCUT2D eigenvalue weighted by molar-refractivity contribution is -0.123. The first-order chi connectivity index (χ1) is 7.41. The van der Waals surface area contributed by atoms with Gasteiger partial charge in [-0.1, -0.05) is 25.5 Å². The molecule has 1 saturated carbocycles. The summed E-state index contributed by atoms with van der Waals surface area (Å²) in [5, 5.41) is 2.91. The van der Waals surface area contributed by atoms with Gasteiger partial charge < -0.3 is 10.1 Å². The Morgan fingerprint density at radius 2 is 2.06 bits per heavy atom. The highest BCUT2D eigenvalue weighted by Gasteiger charge is 2.60. The van der Waals surface area contributed by atoms with Crippen LogP contribution in [0.4, 0.5) is 0 Å². The maximum Gasteiger partial charge on any atom is 0.224 e. The Morgan fingerprint density at radius 1 is 1.44 bits per heavy atom. The zero-order chi connectivity index (χ0) is 12.3. The van der Waals surface area contributed by atoms with Gasteiger partial charge in [0.15, 0.2) is 0 Å². The second-order valence-electron chi connectivity index (χ2n) is 5.35. The number of ether oxygens (including phenoxy) is 1. The smallest absolute Gasteiger partial charge is 0.224 e. The molecule has 1 aliphatic rings. The minimum atomic E-state index is 0.106. The molecule has 92 valence electrons. The summed E-state index contributed by atoms with van der Waals surface area (Å²) in [4.78, 5) is 11.9. The van der Waals surface area contributed by atoms with Crippen molar-refractivity contribution in [2.24, 2.45) is 17.3 Å². The van der Waals surface area contributed by atoms with E-state index in [9.17, 15) is 4.79 Å². The van der Waals surface area contributed by atoms with Gasteiger partial charge in [0.1, 0.15) is 0 Å². The number of rotatable bonds is 5. The van der Waals surface area contributed by atoms with Crippen LogP contribution in [0.5, 0.6) is 0 Å². The molecule has 0 aromatic heterocycles. The maximum absolute atomic E-state index is 11.9. The minimum Gasteiger partial charge on any atom is -0.383 e. The largest absolute Gasteiger partial charge is 0.383 e. The summed E-state index contributed by atoms with van der Waals surface area (Å²) in [6.45, 7) is 9.63. The van der Waals surface area contributed by atoms with E-state index >= 15 is 0 Å². The monoisotopic (exact) mass is 225 g/mol. The van der Waals surface area contributed by atoms with Gasteiger partial charge in [0.25, 0.3) is 0 Å². The van der Waals surface area contributed by atoms with Gasteiger partial charge in [-0.15, -0.1) is 0 Å². The minimum absolute atomic E-state index is 0.106. The second kappa shape index (κ2) is 5.00. The highest BCUT2D eigenvalue weighted by atomic mass is 16.5. The van der Waals surface area contributed by atoms with E-state index in [1.165, 1.54) is 5.57 Å².